The average Bonchev–Trinajstić information content (AvgIpc) is 2.55. The minimum atomic E-state index is -1.24. The zero-order valence-electron chi connectivity index (χ0n) is 12.3. The Morgan fingerprint density at radius 2 is 2.13 bits per heavy atom. The maximum atomic E-state index is 12.0. The molecule has 8 heteroatoms. The van der Waals surface area contributed by atoms with Gasteiger partial charge in [0.2, 0.25) is 5.88 Å². The van der Waals surface area contributed by atoms with E-state index < -0.39 is 17.8 Å². The van der Waals surface area contributed by atoms with Crippen molar-refractivity contribution < 1.29 is 19.0 Å². The Bertz CT molecular complexity index is 776. The lowest BCUT2D eigenvalue weighted by Gasteiger charge is -2.29. The number of benzene rings is 1. The number of rotatable bonds is 3. The van der Waals surface area contributed by atoms with Crippen molar-refractivity contribution in [3.8, 4) is 23.6 Å². The Hall–Kier alpha value is -2.71. The number of halogens is 1. The van der Waals surface area contributed by atoms with Crippen LogP contribution in [0.2, 0.25) is 0 Å². The normalized spacial score (nSPS) is 17.2. The van der Waals surface area contributed by atoms with Gasteiger partial charge in [0.1, 0.15) is 6.07 Å². The zero-order chi connectivity index (χ0) is 17.1. The van der Waals surface area contributed by atoms with Gasteiger partial charge in [-0.3, -0.25) is 4.79 Å². The molecule has 1 aliphatic rings. The lowest BCUT2D eigenvalue weighted by molar-refractivity contribution is -0.143. The highest BCUT2D eigenvalue weighted by molar-refractivity contribution is 9.10. The van der Waals surface area contributed by atoms with E-state index in [1.54, 1.807) is 12.1 Å². The standard InChI is InChI=1S/C15H12BrN3O4/c1-21-11-4-7(16)3-8-12(10(6-18)15(20)22-2)9(5-17)14(19)23-13(8)11/h3-4,10,12H,19H2,1-2H3. The average molecular weight is 378 g/mol. The first-order valence-corrected chi connectivity index (χ1v) is 7.20. The molecular weight excluding hydrogens is 366 g/mol. The second-order valence-corrected chi connectivity index (χ2v) is 5.54. The minimum absolute atomic E-state index is 0.00500. The van der Waals surface area contributed by atoms with E-state index in [0.717, 1.165) is 0 Å². The molecule has 0 amide bonds. The topological polar surface area (TPSA) is 118 Å². The van der Waals surface area contributed by atoms with Gasteiger partial charge in [-0.2, -0.15) is 10.5 Å². The van der Waals surface area contributed by atoms with Crippen LogP contribution >= 0.6 is 15.9 Å². The van der Waals surface area contributed by atoms with Gasteiger partial charge in [0.25, 0.3) is 0 Å². The van der Waals surface area contributed by atoms with Crippen LogP contribution in [-0.2, 0) is 9.53 Å². The van der Waals surface area contributed by atoms with Crippen molar-refractivity contribution in [1.29, 1.82) is 10.5 Å². The number of allylic oxidation sites excluding steroid dienone is 1. The summed E-state index contributed by atoms with van der Waals surface area (Å²) in [5.74, 6) is -2.45. The van der Waals surface area contributed by atoms with Crippen LogP contribution in [0, 0.1) is 28.6 Å². The van der Waals surface area contributed by atoms with Crippen LogP contribution in [0.25, 0.3) is 0 Å². The summed E-state index contributed by atoms with van der Waals surface area (Å²) < 4.78 is 16.0. The quantitative estimate of drug-likeness (QED) is 0.799. The molecule has 2 atom stereocenters. The fourth-order valence-corrected chi connectivity index (χ4v) is 2.87. The first-order chi connectivity index (χ1) is 11.0. The predicted octanol–water partition coefficient (Wildman–Crippen LogP) is 1.94. The second-order valence-electron chi connectivity index (χ2n) is 4.63. The van der Waals surface area contributed by atoms with Gasteiger partial charge >= 0.3 is 5.97 Å². The molecule has 23 heavy (non-hydrogen) atoms. The van der Waals surface area contributed by atoms with Crippen molar-refractivity contribution in [2.24, 2.45) is 11.7 Å². The fraction of sp³-hybridized carbons (Fsp3) is 0.267. The molecule has 0 fully saturated rings. The number of nitrogens with two attached hydrogens (primary N) is 1. The van der Waals surface area contributed by atoms with Crippen molar-refractivity contribution in [3.05, 3.63) is 33.6 Å². The zero-order valence-corrected chi connectivity index (χ0v) is 13.9. The molecule has 0 saturated heterocycles. The van der Waals surface area contributed by atoms with Gasteiger partial charge in [-0.1, -0.05) is 15.9 Å². The molecule has 1 heterocycles. The van der Waals surface area contributed by atoms with Gasteiger partial charge < -0.3 is 19.9 Å². The van der Waals surface area contributed by atoms with E-state index in [1.165, 1.54) is 14.2 Å². The van der Waals surface area contributed by atoms with Crippen LogP contribution in [0.1, 0.15) is 11.5 Å². The van der Waals surface area contributed by atoms with Gasteiger partial charge in [-0.15, -0.1) is 0 Å². The van der Waals surface area contributed by atoms with Crippen molar-refractivity contribution >= 4 is 21.9 Å². The highest BCUT2D eigenvalue weighted by atomic mass is 79.9. The smallest absolute Gasteiger partial charge is 0.324 e. The maximum Gasteiger partial charge on any atom is 0.324 e. The third kappa shape index (κ3) is 2.81. The molecule has 2 unspecified atom stereocenters. The third-order valence-electron chi connectivity index (χ3n) is 3.44. The van der Waals surface area contributed by atoms with Gasteiger partial charge in [0.05, 0.1) is 31.8 Å². The summed E-state index contributed by atoms with van der Waals surface area (Å²) in [6.07, 6.45) is 0. The number of nitriles is 2. The lowest BCUT2D eigenvalue weighted by Crippen LogP contribution is -2.29. The minimum Gasteiger partial charge on any atom is -0.493 e. The highest BCUT2D eigenvalue weighted by Gasteiger charge is 2.41. The Morgan fingerprint density at radius 1 is 1.43 bits per heavy atom. The SMILES string of the molecule is COC(=O)C(C#N)C1C(C#N)=C(N)Oc2c(OC)cc(Br)cc21. The summed E-state index contributed by atoms with van der Waals surface area (Å²) >= 11 is 3.33. The second kappa shape index (κ2) is 6.59. The molecule has 1 aromatic rings. The Balaban J connectivity index is 2.74. The van der Waals surface area contributed by atoms with Crippen molar-refractivity contribution in [1.82, 2.24) is 0 Å². The van der Waals surface area contributed by atoms with E-state index in [1.807, 2.05) is 12.1 Å². The summed E-state index contributed by atoms with van der Waals surface area (Å²) in [6, 6.07) is 7.09. The number of carbonyl (C=O) groups excluding carboxylic acids is 1. The van der Waals surface area contributed by atoms with E-state index >= 15 is 0 Å². The van der Waals surface area contributed by atoms with E-state index in [0.29, 0.717) is 15.8 Å². The summed E-state index contributed by atoms with van der Waals surface area (Å²) in [5, 5.41) is 18.8. The molecule has 2 rings (SSSR count). The number of hydrogen-bond donors (Lipinski definition) is 1. The Labute approximate surface area is 141 Å². The van der Waals surface area contributed by atoms with Crippen LogP contribution < -0.4 is 15.2 Å². The van der Waals surface area contributed by atoms with E-state index in [-0.39, 0.29) is 17.2 Å². The Kier molecular flexibility index (Phi) is 4.77. The summed E-state index contributed by atoms with van der Waals surface area (Å²) in [7, 11) is 2.62. The molecule has 7 nitrogen and oxygen atoms in total. The molecule has 0 bridgehead atoms. The van der Waals surface area contributed by atoms with Crippen molar-refractivity contribution in [2.75, 3.05) is 14.2 Å². The Morgan fingerprint density at radius 3 is 2.65 bits per heavy atom. The number of fused-ring (bicyclic) bond motifs is 1. The van der Waals surface area contributed by atoms with E-state index in [2.05, 4.69) is 20.7 Å². The third-order valence-corrected chi connectivity index (χ3v) is 3.90. The predicted molar refractivity (Wildman–Crippen MR) is 82.0 cm³/mol. The van der Waals surface area contributed by atoms with Crippen LogP contribution in [0.3, 0.4) is 0 Å². The molecule has 0 aromatic heterocycles. The molecule has 0 radical (unpaired) electrons. The van der Waals surface area contributed by atoms with Gasteiger partial charge in [-0.05, 0) is 12.1 Å². The van der Waals surface area contributed by atoms with E-state index in [4.69, 9.17) is 15.2 Å². The fourth-order valence-electron chi connectivity index (χ4n) is 2.42. The molecule has 1 aliphatic heterocycles. The number of nitrogens with zero attached hydrogens (tertiary/aromatic N) is 2. The van der Waals surface area contributed by atoms with Crippen LogP contribution in [-0.4, -0.2) is 20.2 Å². The lowest BCUT2D eigenvalue weighted by atomic mass is 9.79. The first-order valence-electron chi connectivity index (χ1n) is 6.40. The van der Waals surface area contributed by atoms with E-state index in [9.17, 15) is 15.3 Å². The van der Waals surface area contributed by atoms with Gasteiger partial charge in [0, 0.05) is 10.0 Å². The van der Waals surface area contributed by atoms with Crippen molar-refractivity contribution in [2.45, 2.75) is 5.92 Å². The largest absolute Gasteiger partial charge is 0.493 e. The number of carbonyl (C=O) groups is 1. The van der Waals surface area contributed by atoms with Gasteiger partial charge in [0.15, 0.2) is 17.4 Å². The van der Waals surface area contributed by atoms with Gasteiger partial charge in [-0.25, -0.2) is 0 Å². The highest BCUT2D eigenvalue weighted by Crippen LogP contribution is 2.48. The number of esters is 1. The number of hydrogen-bond acceptors (Lipinski definition) is 7. The van der Waals surface area contributed by atoms with Crippen LogP contribution in [0.5, 0.6) is 11.5 Å². The summed E-state index contributed by atoms with van der Waals surface area (Å²) in [4.78, 5) is 12.0. The molecule has 1 aromatic carbocycles. The van der Waals surface area contributed by atoms with Crippen LogP contribution in [0.4, 0.5) is 0 Å². The summed E-state index contributed by atoms with van der Waals surface area (Å²) in [6.45, 7) is 0. The number of methoxy groups -OCH3 is 2. The maximum absolute atomic E-state index is 12.0. The molecule has 2 N–H and O–H groups in total. The molecular formula is C15H12BrN3O4. The molecule has 0 saturated carbocycles. The molecule has 118 valence electrons. The summed E-state index contributed by atoms with van der Waals surface area (Å²) in [5.41, 5.74) is 6.24. The van der Waals surface area contributed by atoms with Crippen molar-refractivity contribution in [3.63, 3.8) is 0 Å². The molecule has 0 spiro atoms. The molecule has 0 aliphatic carbocycles. The van der Waals surface area contributed by atoms with Crippen LogP contribution in [0.15, 0.2) is 28.1 Å². The number of ether oxygens (including phenoxy) is 3. The first kappa shape index (κ1) is 16.7. The monoisotopic (exact) mass is 377 g/mol.